The van der Waals surface area contributed by atoms with Crippen LogP contribution in [-0.4, -0.2) is 10.8 Å². The molecular weight excluding hydrogens is 160 g/mol. The molecule has 1 aliphatic carbocycles. The summed E-state index contributed by atoms with van der Waals surface area (Å²) in [6.45, 7) is 0. The van der Waals surface area contributed by atoms with E-state index in [1.807, 2.05) is 0 Å². The first kappa shape index (κ1) is 6.79. The number of aromatic nitrogens is 1. The number of hydrogen-bond donors (Lipinski definition) is 1. The van der Waals surface area contributed by atoms with Gasteiger partial charge < -0.3 is 5.73 Å². The molecule has 1 aromatic heterocycles. The number of carbonyl (C=O) groups excluding carboxylic acids is 1. The van der Waals surface area contributed by atoms with Crippen molar-refractivity contribution in [2.45, 2.75) is 12.8 Å². The van der Waals surface area contributed by atoms with Gasteiger partial charge in [0.1, 0.15) is 0 Å². The minimum Gasteiger partial charge on any atom is -0.375 e. The zero-order chi connectivity index (χ0) is 7.84. The molecule has 0 radical (unpaired) electrons. The van der Waals surface area contributed by atoms with Crippen molar-refractivity contribution >= 4 is 22.3 Å². The van der Waals surface area contributed by atoms with Gasteiger partial charge in [-0.25, -0.2) is 4.98 Å². The van der Waals surface area contributed by atoms with Crippen molar-refractivity contribution in [3.05, 3.63) is 11.1 Å². The summed E-state index contributed by atoms with van der Waals surface area (Å²) in [6, 6.07) is 0. The Morgan fingerprint density at radius 3 is 2.91 bits per heavy atom. The van der Waals surface area contributed by atoms with Crippen LogP contribution in [-0.2, 0) is 0 Å². The largest absolute Gasteiger partial charge is 0.375 e. The Balaban J connectivity index is 2.21. The average Bonchev–Trinajstić information content (AvgIpc) is 2.74. The van der Waals surface area contributed by atoms with Gasteiger partial charge in [0.15, 0.2) is 10.9 Å². The van der Waals surface area contributed by atoms with Crippen LogP contribution >= 0.6 is 11.3 Å². The Hall–Kier alpha value is -0.900. The third-order valence-electron chi connectivity index (χ3n) is 1.71. The number of rotatable bonds is 2. The van der Waals surface area contributed by atoms with Crippen LogP contribution in [0.15, 0.2) is 6.20 Å². The maximum atomic E-state index is 11.3. The molecule has 2 rings (SSSR count). The molecule has 1 fully saturated rings. The molecule has 2 N–H and O–H groups in total. The van der Waals surface area contributed by atoms with Crippen molar-refractivity contribution in [1.29, 1.82) is 0 Å². The summed E-state index contributed by atoms with van der Waals surface area (Å²) in [5.41, 5.74) is 5.39. The summed E-state index contributed by atoms with van der Waals surface area (Å²) in [4.78, 5) is 15.9. The lowest BCUT2D eigenvalue weighted by Gasteiger charge is -1.88. The normalized spacial score (nSPS) is 16.7. The van der Waals surface area contributed by atoms with E-state index in [1.165, 1.54) is 11.3 Å². The lowest BCUT2D eigenvalue weighted by atomic mass is 10.2. The highest BCUT2D eigenvalue weighted by atomic mass is 32.1. The number of anilines is 1. The van der Waals surface area contributed by atoms with Crippen molar-refractivity contribution in [2.24, 2.45) is 5.92 Å². The van der Waals surface area contributed by atoms with E-state index in [9.17, 15) is 4.79 Å². The van der Waals surface area contributed by atoms with E-state index < -0.39 is 0 Å². The second kappa shape index (κ2) is 2.30. The van der Waals surface area contributed by atoms with Gasteiger partial charge in [-0.05, 0) is 12.8 Å². The van der Waals surface area contributed by atoms with Crippen LogP contribution in [0.1, 0.15) is 22.5 Å². The third kappa shape index (κ3) is 1.26. The smallest absolute Gasteiger partial charge is 0.180 e. The van der Waals surface area contributed by atoms with E-state index >= 15 is 0 Å². The topological polar surface area (TPSA) is 56.0 Å². The maximum Gasteiger partial charge on any atom is 0.180 e. The van der Waals surface area contributed by atoms with E-state index in [0.29, 0.717) is 10.0 Å². The predicted octanol–water partition coefficient (Wildman–Crippen LogP) is 1.32. The van der Waals surface area contributed by atoms with E-state index in [4.69, 9.17) is 5.73 Å². The molecular formula is C7H8N2OS. The molecule has 11 heavy (non-hydrogen) atoms. The van der Waals surface area contributed by atoms with Crippen molar-refractivity contribution in [3.8, 4) is 0 Å². The highest BCUT2D eigenvalue weighted by Crippen LogP contribution is 2.34. The molecule has 3 nitrogen and oxygen atoms in total. The Labute approximate surface area is 68.2 Å². The number of hydrogen-bond acceptors (Lipinski definition) is 4. The molecule has 1 saturated carbocycles. The molecule has 0 bridgehead atoms. The van der Waals surface area contributed by atoms with Gasteiger partial charge in [0.25, 0.3) is 0 Å². The molecule has 0 saturated heterocycles. The van der Waals surface area contributed by atoms with Crippen LogP contribution in [0.2, 0.25) is 0 Å². The van der Waals surface area contributed by atoms with Crippen molar-refractivity contribution in [3.63, 3.8) is 0 Å². The van der Waals surface area contributed by atoms with Crippen molar-refractivity contribution in [1.82, 2.24) is 4.98 Å². The highest BCUT2D eigenvalue weighted by molar-refractivity contribution is 7.17. The maximum absolute atomic E-state index is 11.3. The summed E-state index contributed by atoms with van der Waals surface area (Å²) in [7, 11) is 0. The van der Waals surface area contributed by atoms with Gasteiger partial charge in [-0.15, -0.1) is 0 Å². The third-order valence-corrected chi connectivity index (χ3v) is 2.56. The van der Waals surface area contributed by atoms with Gasteiger partial charge in [0.2, 0.25) is 0 Å². The average molecular weight is 168 g/mol. The first-order valence-corrected chi connectivity index (χ1v) is 4.34. The number of Topliss-reactive ketones (excluding diaryl/α,β-unsaturated/α-hetero) is 1. The van der Waals surface area contributed by atoms with Crippen molar-refractivity contribution in [2.75, 3.05) is 5.73 Å². The van der Waals surface area contributed by atoms with Gasteiger partial charge in [-0.1, -0.05) is 11.3 Å². The molecule has 0 atom stereocenters. The van der Waals surface area contributed by atoms with Gasteiger partial charge in [-0.3, -0.25) is 4.79 Å². The number of nitrogens with zero attached hydrogens (tertiary/aromatic N) is 1. The van der Waals surface area contributed by atoms with Gasteiger partial charge in [0.05, 0.1) is 11.1 Å². The molecule has 0 aliphatic heterocycles. The Morgan fingerprint density at radius 2 is 2.45 bits per heavy atom. The molecule has 0 aromatic carbocycles. The molecule has 0 unspecified atom stereocenters. The van der Waals surface area contributed by atoms with Gasteiger partial charge in [0, 0.05) is 5.92 Å². The van der Waals surface area contributed by atoms with Crippen LogP contribution < -0.4 is 5.73 Å². The lowest BCUT2D eigenvalue weighted by Crippen LogP contribution is -1.96. The van der Waals surface area contributed by atoms with Gasteiger partial charge >= 0.3 is 0 Å². The van der Waals surface area contributed by atoms with E-state index in [1.54, 1.807) is 6.20 Å². The summed E-state index contributed by atoms with van der Waals surface area (Å²) in [5.74, 6) is 0.494. The SMILES string of the molecule is Nc1ncc(C(=O)C2CC2)s1. The second-order valence-electron chi connectivity index (χ2n) is 2.70. The summed E-state index contributed by atoms with van der Waals surface area (Å²) in [5, 5.41) is 0.481. The van der Waals surface area contributed by atoms with Crippen LogP contribution in [0.4, 0.5) is 5.13 Å². The van der Waals surface area contributed by atoms with Gasteiger partial charge in [-0.2, -0.15) is 0 Å². The standard InChI is InChI=1S/C7H8N2OS/c8-7-9-3-5(11-7)6(10)4-1-2-4/h3-4H,1-2H2,(H2,8,9). The van der Waals surface area contributed by atoms with Crippen molar-refractivity contribution < 1.29 is 4.79 Å². The first-order chi connectivity index (χ1) is 5.27. The van der Waals surface area contributed by atoms with E-state index in [-0.39, 0.29) is 11.7 Å². The summed E-state index contributed by atoms with van der Waals surface area (Å²) < 4.78 is 0. The fourth-order valence-corrected chi connectivity index (χ4v) is 1.65. The van der Waals surface area contributed by atoms with Crippen LogP contribution in [0.25, 0.3) is 0 Å². The summed E-state index contributed by atoms with van der Waals surface area (Å²) >= 11 is 1.28. The fraction of sp³-hybridized carbons (Fsp3) is 0.429. The Kier molecular flexibility index (Phi) is 1.42. The number of carbonyl (C=O) groups is 1. The molecule has 0 amide bonds. The number of nitrogens with two attached hydrogens (primary N) is 1. The van der Waals surface area contributed by atoms with Crippen LogP contribution in [0, 0.1) is 5.92 Å². The molecule has 1 aliphatic rings. The molecule has 1 aromatic rings. The molecule has 1 heterocycles. The molecule has 4 heteroatoms. The molecule has 0 spiro atoms. The van der Waals surface area contributed by atoms with E-state index in [2.05, 4.69) is 4.98 Å². The zero-order valence-corrected chi connectivity index (χ0v) is 6.73. The zero-order valence-electron chi connectivity index (χ0n) is 5.91. The Morgan fingerprint density at radius 1 is 1.73 bits per heavy atom. The fourth-order valence-electron chi connectivity index (χ4n) is 0.948. The monoisotopic (exact) mass is 168 g/mol. The first-order valence-electron chi connectivity index (χ1n) is 3.53. The van der Waals surface area contributed by atoms with E-state index in [0.717, 1.165) is 12.8 Å². The summed E-state index contributed by atoms with van der Waals surface area (Å²) in [6.07, 6.45) is 3.65. The quantitative estimate of drug-likeness (QED) is 0.677. The minimum atomic E-state index is 0.221. The number of nitrogen functional groups attached to an aromatic ring is 1. The predicted molar refractivity (Wildman–Crippen MR) is 43.6 cm³/mol. The minimum absolute atomic E-state index is 0.221. The molecule has 58 valence electrons. The Bertz CT molecular complexity index is 290. The number of thiazole rings is 1. The van der Waals surface area contributed by atoms with Crippen LogP contribution in [0.3, 0.4) is 0 Å². The highest BCUT2D eigenvalue weighted by Gasteiger charge is 2.31. The second-order valence-corrected chi connectivity index (χ2v) is 3.76. The van der Waals surface area contributed by atoms with Crippen LogP contribution in [0.5, 0.6) is 0 Å². The number of ketones is 1. The lowest BCUT2D eigenvalue weighted by molar-refractivity contribution is 0.0971.